The van der Waals surface area contributed by atoms with Gasteiger partial charge in [-0.3, -0.25) is 4.79 Å². The van der Waals surface area contributed by atoms with Crippen LogP contribution in [0, 0.1) is 6.92 Å². The minimum absolute atomic E-state index is 0.233. The molecule has 1 aromatic rings. The molecule has 0 amide bonds. The highest BCUT2D eigenvalue weighted by molar-refractivity contribution is 5.75. The molecule has 3 heteroatoms. The van der Waals surface area contributed by atoms with Crippen LogP contribution in [-0.4, -0.2) is 19.1 Å². The van der Waals surface area contributed by atoms with Crippen molar-refractivity contribution in [2.24, 2.45) is 0 Å². The number of carbonyl (C=O) groups is 1. The number of nitrogens with one attached hydrogen (secondary N) is 1. The Morgan fingerprint density at radius 1 is 1.47 bits per heavy atom. The Morgan fingerprint density at radius 3 is 2.73 bits per heavy atom. The summed E-state index contributed by atoms with van der Waals surface area (Å²) in [5, 5.41) is 3.12. The molecule has 0 spiro atoms. The number of esters is 1. The SMILES string of the molecule is COC(=O)C(C)NCc1ccccc1C. The van der Waals surface area contributed by atoms with Crippen molar-refractivity contribution in [1.29, 1.82) is 0 Å². The van der Waals surface area contributed by atoms with Gasteiger partial charge in [0.25, 0.3) is 0 Å². The Morgan fingerprint density at radius 2 is 2.13 bits per heavy atom. The van der Waals surface area contributed by atoms with Crippen molar-refractivity contribution >= 4 is 5.97 Å². The van der Waals surface area contributed by atoms with Gasteiger partial charge in [-0.05, 0) is 25.0 Å². The Balaban J connectivity index is 2.50. The van der Waals surface area contributed by atoms with Crippen LogP contribution in [-0.2, 0) is 16.1 Å². The van der Waals surface area contributed by atoms with E-state index in [0.717, 1.165) is 0 Å². The molecule has 1 rings (SSSR count). The van der Waals surface area contributed by atoms with E-state index in [9.17, 15) is 4.79 Å². The number of hydrogen-bond acceptors (Lipinski definition) is 3. The summed E-state index contributed by atoms with van der Waals surface area (Å²) in [6.45, 7) is 4.53. The highest BCUT2D eigenvalue weighted by Crippen LogP contribution is 2.06. The summed E-state index contributed by atoms with van der Waals surface area (Å²) >= 11 is 0. The average Bonchev–Trinajstić information content (AvgIpc) is 2.26. The largest absolute Gasteiger partial charge is 0.468 e. The standard InChI is InChI=1S/C12H17NO2/c1-9-6-4-5-7-11(9)8-13-10(2)12(14)15-3/h4-7,10,13H,8H2,1-3H3. The predicted octanol–water partition coefficient (Wildman–Crippen LogP) is 1.65. The smallest absolute Gasteiger partial charge is 0.322 e. The van der Waals surface area contributed by atoms with Crippen LogP contribution >= 0.6 is 0 Å². The third-order valence-electron chi connectivity index (χ3n) is 2.41. The highest BCUT2D eigenvalue weighted by atomic mass is 16.5. The summed E-state index contributed by atoms with van der Waals surface area (Å²) in [4.78, 5) is 11.1. The van der Waals surface area contributed by atoms with Gasteiger partial charge in [-0.1, -0.05) is 24.3 Å². The van der Waals surface area contributed by atoms with Crippen molar-refractivity contribution in [3.05, 3.63) is 35.4 Å². The fraction of sp³-hybridized carbons (Fsp3) is 0.417. The third-order valence-corrected chi connectivity index (χ3v) is 2.41. The Hall–Kier alpha value is -1.35. The minimum atomic E-state index is -0.269. The van der Waals surface area contributed by atoms with Crippen LogP contribution in [0.25, 0.3) is 0 Å². The van der Waals surface area contributed by atoms with Crippen molar-refractivity contribution in [2.45, 2.75) is 26.4 Å². The van der Waals surface area contributed by atoms with Gasteiger partial charge in [-0.2, -0.15) is 0 Å². The molecule has 0 fully saturated rings. The van der Waals surface area contributed by atoms with Crippen molar-refractivity contribution in [3.8, 4) is 0 Å². The quantitative estimate of drug-likeness (QED) is 0.763. The molecular formula is C12H17NO2. The van der Waals surface area contributed by atoms with Gasteiger partial charge >= 0.3 is 5.97 Å². The first-order valence-electron chi connectivity index (χ1n) is 5.01. The van der Waals surface area contributed by atoms with E-state index in [2.05, 4.69) is 23.0 Å². The molecule has 82 valence electrons. The van der Waals surface area contributed by atoms with Crippen LogP contribution in [0.3, 0.4) is 0 Å². The lowest BCUT2D eigenvalue weighted by atomic mass is 10.1. The first kappa shape index (κ1) is 11.7. The number of benzene rings is 1. The van der Waals surface area contributed by atoms with E-state index in [0.29, 0.717) is 6.54 Å². The Kier molecular flexibility index (Phi) is 4.31. The maximum Gasteiger partial charge on any atom is 0.322 e. The summed E-state index contributed by atoms with van der Waals surface area (Å²) in [6, 6.07) is 7.83. The molecule has 1 aromatic carbocycles. The number of hydrogen-bond donors (Lipinski definition) is 1. The molecule has 0 aliphatic carbocycles. The summed E-state index contributed by atoms with van der Waals surface area (Å²) in [6.07, 6.45) is 0. The van der Waals surface area contributed by atoms with Crippen LogP contribution < -0.4 is 5.32 Å². The second kappa shape index (κ2) is 5.51. The van der Waals surface area contributed by atoms with Gasteiger partial charge in [0.1, 0.15) is 6.04 Å². The zero-order valence-corrected chi connectivity index (χ0v) is 9.41. The first-order chi connectivity index (χ1) is 7.15. The van der Waals surface area contributed by atoms with Crippen molar-refractivity contribution in [1.82, 2.24) is 5.32 Å². The molecule has 0 saturated carbocycles. The zero-order chi connectivity index (χ0) is 11.3. The molecule has 0 saturated heterocycles. The zero-order valence-electron chi connectivity index (χ0n) is 9.41. The predicted molar refractivity (Wildman–Crippen MR) is 59.5 cm³/mol. The van der Waals surface area contributed by atoms with Gasteiger partial charge in [0.05, 0.1) is 7.11 Å². The van der Waals surface area contributed by atoms with E-state index in [4.69, 9.17) is 0 Å². The molecule has 0 aliphatic rings. The Bertz CT molecular complexity index is 336. The summed E-state index contributed by atoms with van der Waals surface area (Å²) in [5.41, 5.74) is 2.43. The molecule has 15 heavy (non-hydrogen) atoms. The van der Waals surface area contributed by atoms with Gasteiger partial charge in [0.15, 0.2) is 0 Å². The molecule has 1 N–H and O–H groups in total. The van der Waals surface area contributed by atoms with Crippen LogP contribution in [0.2, 0.25) is 0 Å². The van der Waals surface area contributed by atoms with Gasteiger partial charge in [-0.25, -0.2) is 0 Å². The number of carbonyl (C=O) groups excluding carboxylic acids is 1. The third kappa shape index (κ3) is 3.36. The normalized spacial score (nSPS) is 12.2. The molecule has 1 unspecified atom stereocenters. The molecular weight excluding hydrogens is 190 g/mol. The first-order valence-corrected chi connectivity index (χ1v) is 5.01. The maximum absolute atomic E-state index is 11.1. The summed E-state index contributed by atoms with van der Waals surface area (Å²) in [7, 11) is 1.40. The second-order valence-electron chi connectivity index (χ2n) is 3.55. The average molecular weight is 207 g/mol. The molecule has 3 nitrogen and oxygen atoms in total. The van der Waals surface area contributed by atoms with Crippen molar-refractivity contribution < 1.29 is 9.53 Å². The van der Waals surface area contributed by atoms with Gasteiger partial charge in [0, 0.05) is 6.54 Å². The lowest BCUT2D eigenvalue weighted by Gasteiger charge is -2.12. The number of methoxy groups -OCH3 is 1. The highest BCUT2D eigenvalue weighted by Gasteiger charge is 2.11. The monoisotopic (exact) mass is 207 g/mol. The molecule has 0 aliphatic heterocycles. The van der Waals surface area contributed by atoms with Crippen LogP contribution in [0.4, 0.5) is 0 Å². The van der Waals surface area contributed by atoms with Gasteiger partial charge in [-0.15, -0.1) is 0 Å². The second-order valence-corrected chi connectivity index (χ2v) is 3.55. The van der Waals surface area contributed by atoms with E-state index in [1.165, 1.54) is 18.2 Å². The molecule has 0 radical (unpaired) electrons. The number of rotatable bonds is 4. The lowest BCUT2D eigenvalue weighted by Crippen LogP contribution is -2.34. The molecule has 1 atom stereocenters. The maximum atomic E-state index is 11.1. The minimum Gasteiger partial charge on any atom is -0.468 e. The van der Waals surface area contributed by atoms with Crippen LogP contribution in [0.15, 0.2) is 24.3 Å². The topological polar surface area (TPSA) is 38.3 Å². The van der Waals surface area contributed by atoms with E-state index in [-0.39, 0.29) is 12.0 Å². The molecule has 0 bridgehead atoms. The van der Waals surface area contributed by atoms with Gasteiger partial charge in [0.2, 0.25) is 0 Å². The molecule has 0 aromatic heterocycles. The van der Waals surface area contributed by atoms with E-state index < -0.39 is 0 Å². The summed E-state index contributed by atoms with van der Waals surface area (Å²) in [5.74, 6) is -0.233. The number of aryl methyl sites for hydroxylation is 1. The van der Waals surface area contributed by atoms with Crippen LogP contribution in [0.1, 0.15) is 18.1 Å². The summed E-state index contributed by atoms with van der Waals surface area (Å²) < 4.78 is 4.63. The Labute approximate surface area is 90.4 Å². The van der Waals surface area contributed by atoms with E-state index in [1.807, 2.05) is 18.2 Å². The van der Waals surface area contributed by atoms with E-state index in [1.54, 1.807) is 6.92 Å². The van der Waals surface area contributed by atoms with E-state index >= 15 is 0 Å². The van der Waals surface area contributed by atoms with Gasteiger partial charge < -0.3 is 10.1 Å². The number of ether oxygens (including phenoxy) is 1. The van der Waals surface area contributed by atoms with Crippen LogP contribution in [0.5, 0.6) is 0 Å². The van der Waals surface area contributed by atoms with Crippen molar-refractivity contribution in [3.63, 3.8) is 0 Å². The lowest BCUT2D eigenvalue weighted by molar-refractivity contribution is -0.142. The fourth-order valence-electron chi connectivity index (χ4n) is 1.33. The molecule has 0 heterocycles. The van der Waals surface area contributed by atoms with Crippen molar-refractivity contribution in [2.75, 3.05) is 7.11 Å². The fourth-order valence-corrected chi connectivity index (χ4v) is 1.33.